The Labute approximate surface area is 139 Å². The Morgan fingerprint density at radius 2 is 1.96 bits per heavy atom. The van der Waals surface area contributed by atoms with Crippen LogP contribution in [0.1, 0.15) is 18.9 Å². The summed E-state index contributed by atoms with van der Waals surface area (Å²) >= 11 is 0. The van der Waals surface area contributed by atoms with E-state index in [1.54, 1.807) is 0 Å². The first-order valence-electron chi connectivity index (χ1n) is 7.77. The Balaban J connectivity index is 1.98. The fourth-order valence-electron chi connectivity index (χ4n) is 3.14. The van der Waals surface area contributed by atoms with Crippen LogP contribution in [0.2, 0.25) is 0 Å². The molecule has 0 radical (unpaired) electrons. The first kappa shape index (κ1) is 15.8. The molecule has 1 aliphatic carbocycles. The second-order valence-electron chi connectivity index (χ2n) is 6.30. The molecule has 1 aliphatic heterocycles. The minimum atomic E-state index is -1.68. The molecule has 1 aromatic carbocycles. The summed E-state index contributed by atoms with van der Waals surface area (Å²) in [5.74, 6) is -2.32. The Hall–Kier alpha value is -2.68. The van der Waals surface area contributed by atoms with E-state index in [1.165, 1.54) is 9.47 Å². The first-order chi connectivity index (χ1) is 11.9. The number of benzene rings is 1. The van der Waals surface area contributed by atoms with Gasteiger partial charge in [0, 0.05) is 19.1 Å². The number of β-amino-alcohol motifs (C(OH)–C–C–N with tert-alkyl or cyclic N) is 1. The molecule has 0 spiro atoms. The van der Waals surface area contributed by atoms with Gasteiger partial charge in [0.05, 0.1) is 23.2 Å². The van der Waals surface area contributed by atoms with E-state index in [4.69, 9.17) is 5.11 Å². The normalized spacial score (nSPS) is 17.6. The summed E-state index contributed by atoms with van der Waals surface area (Å²) < 4.78 is 35.4. The van der Waals surface area contributed by atoms with Crippen molar-refractivity contribution in [2.75, 3.05) is 18.0 Å². The third-order valence-electron chi connectivity index (χ3n) is 4.47. The maximum atomic E-state index is 15.1. The summed E-state index contributed by atoms with van der Waals surface area (Å²) in [4.78, 5) is 24.5. The van der Waals surface area contributed by atoms with Crippen molar-refractivity contribution in [3.05, 3.63) is 34.1 Å². The number of anilines is 1. The van der Waals surface area contributed by atoms with Crippen LogP contribution in [0.25, 0.3) is 10.9 Å². The highest BCUT2D eigenvalue weighted by Gasteiger charge is 2.33. The van der Waals surface area contributed by atoms with Crippen molar-refractivity contribution in [1.82, 2.24) is 4.57 Å². The molecule has 9 heteroatoms. The van der Waals surface area contributed by atoms with E-state index < -0.39 is 35.1 Å². The van der Waals surface area contributed by atoms with Gasteiger partial charge in [-0.2, -0.15) is 0 Å². The molecule has 132 valence electrons. The minimum absolute atomic E-state index is 0.0805. The molecule has 25 heavy (non-hydrogen) atoms. The van der Waals surface area contributed by atoms with E-state index in [9.17, 15) is 19.1 Å². The van der Waals surface area contributed by atoms with Crippen molar-refractivity contribution < 1.29 is 28.5 Å². The van der Waals surface area contributed by atoms with Crippen LogP contribution in [-0.4, -0.2) is 40.1 Å². The number of aliphatic hydroxyl groups excluding tert-OH is 1. The Morgan fingerprint density at radius 3 is 2.52 bits per heavy atom. The second-order valence-corrected chi connectivity index (χ2v) is 6.30. The average Bonchev–Trinajstić information content (AvgIpc) is 3.32. The number of carbonyl (C=O) groups is 1. The number of aliphatic hydroxyl groups is 1. The van der Waals surface area contributed by atoms with Crippen molar-refractivity contribution in [2.45, 2.75) is 25.0 Å². The molecule has 1 saturated heterocycles. The van der Waals surface area contributed by atoms with Crippen LogP contribution >= 0.6 is 0 Å². The summed E-state index contributed by atoms with van der Waals surface area (Å²) in [6, 6.07) is 0.794. The van der Waals surface area contributed by atoms with Crippen molar-refractivity contribution in [3.63, 3.8) is 0 Å². The summed E-state index contributed by atoms with van der Waals surface area (Å²) in [6.07, 6.45) is 0.307. The molecule has 0 unspecified atom stereocenters. The number of pyridine rings is 1. The number of ether oxygens (including phenoxy) is 1. The van der Waals surface area contributed by atoms with Crippen LogP contribution in [-0.2, 0) is 0 Å². The molecule has 1 saturated carbocycles. The maximum absolute atomic E-state index is 15.1. The molecule has 2 aliphatic rings. The molecule has 2 aromatic rings. The highest BCUT2D eigenvalue weighted by atomic mass is 19.1. The van der Waals surface area contributed by atoms with Gasteiger partial charge in [0.2, 0.25) is 5.43 Å². The van der Waals surface area contributed by atoms with E-state index in [0.29, 0.717) is 0 Å². The van der Waals surface area contributed by atoms with Crippen LogP contribution < -0.4 is 15.1 Å². The smallest absolute Gasteiger partial charge is 0.449 e. The van der Waals surface area contributed by atoms with E-state index in [0.717, 1.165) is 25.1 Å². The van der Waals surface area contributed by atoms with Gasteiger partial charge in [-0.05, 0) is 18.9 Å². The van der Waals surface area contributed by atoms with Crippen molar-refractivity contribution in [1.29, 1.82) is 0 Å². The Morgan fingerprint density at radius 1 is 1.28 bits per heavy atom. The lowest BCUT2D eigenvalue weighted by Crippen LogP contribution is -2.51. The topological polar surface area (TPSA) is 92.0 Å². The standard InChI is InChI=1S/C16H14F2N2O5/c17-10-3-9-13(12(18)14(10)19-4-8(21)5-19)20(7-1-2-7)6-11(15(9)22)25-16(23)24/h3,6-8,21H,1-2,4-5H2,(H,23,24). The van der Waals surface area contributed by atoms with Gasteiger partial charge in [-0.3, -0.25) is 4.79 Å². The lowest BCUT2D eigenvalue weighted by Gasteiger charge is -2.38. The fraction of sp³-hybridized carbons (Fsp3) is 0.375. The number of rotatable bonds is 3. The summed E-state index contributed by atoms with van der Waals surface area (Å²) in [5, 5.41) is 17.9. The second kappa shape index (κ2) is 5.41. The zero-order valence-electron chi connectivity index (χ0n) is 12.9. The van der Waals surface area contributed by atoms with Crippen LogP contribution in [0.5, 0.6) is 5.75 Å². The lowest BCUT2D eigenvalue weighted by molar-refractivity contribution is 0.140. The van der Waals surface area contributed by atoms with Gasteiger partial charge in [0.25, 0.3) is 0 Å². The third kappa shape index (κ3) is 2.51. The molecular weight excluding hydrogens is 338 g/mol. The molecular formula is C16H14F2N2O5. The monoisotopic (exact) mass is 352 g/mol. The first-order valence-corrected chi connectivity index (χ1v) is 7.77. The van der Waals surface area contributed by atoms with Crippen molar-refractivity contribution in [3.8, 4) is 5.75 Å². The van der Waals surface area contributed by atoms with E-state index in [-0.39, 0.29) is 35.7 Å². The zero-order chi connectivity index (χ0) is 17.9. The Bertz CT molecular complexity index is 948. The van der Waals surface area contributed by atoms with E-state index >= 15 is 4.39 Å². The van der Waals surface area contributed by atoms with Gasteiger partial charge < -0.3 is 24.4 Å². The largest absolute Gasteiger partial charge is 0.511 e. The van der Waals surface area contributed by atoms with Gasteiger partial charge in [0.15, 0.2) is 11.6 Å². The molecule has 4 rings (SSSR count). The summed E-state index contributed by atoms with van der Waals surface area (Å²) in [5.41, 5.74) is -1.26. The predicted octanol–water partition coefficient (Wildman–Crippen LogP) is 1.85. The molecule has 2 fully saturated rings. The molecule has 1 aromatic heterocycles. The Kier molecular flexibility index (Phi) is 3.43. The average molecular weight is 352 g/mol. The molecule has 0 amide bonds. The number of hydrogen-bond donors (Lipinski definition) is 2. The van der Waals surface area contributed by atoms with Crippen LogP contribution in [0.4, 0.5) is 19.3 Å². The number of carboxylic acid groups (broad SMARTS) is 1. The minimum Gasteiger partial charge on any atom is -0.449 e. The molecule has 0 atom stereocenters. The maximum Gasteiger partial charge on any atom is 0.511 e. The highest BCUT2D eigenvalue weighted by Crippen LogP contribution is 2.40. The number of aromatic nitrogens is 1. The van der Waals surface area contributed by atoms with E-state index in [1.807, 2.05) is 0 Å². The van der Waals surface area contributed by atoms with Crippen molar-refractivity contribution >= 4 is 22.7 Å². The number of nitrogens with zero attached hydrogens (tertiary/aromatic N) is 2. The van der Waals surface area contributed by atoms with Gasteiger partial charge in [0.1, 0.15) is 11.5 Å². The highest BCUT2D eigenvalue weighted by molar-refractivity contribution is 5.86. The van der Waals surface area contributed by atoms with Crippen LogP contribution in [0.15, 0.2) is 17.1 Å². The number of fused-ring (bicyclic) bond motifs is 1. The number of hydrogen-bond acceptors (Lipinski definition) is 5. The number of halogens is 2. The SMILES string of the molecule is O=C(O)Oc1cn(C2CC2)c2c(F)c(N3CC(O)C3)c(F)cc2c1=O. The molecule has 7 nitrogen and oxygen atoms in total. The van der Waals surface area contributed by atoms with Crippen LogP contribution in [0, 0.1) is 11.6 Å². The predicted molar refractivity (Wildman–Crippen MR) is 83.3 cm³/mol. The van der Waals surface area contributed by atoms with Crippen LogP contribution in [0.3, 0.4) is 0 Å². The molecule has 2 heterocycles. The quantitative estimate of drug-likeness (QED) is 0.819. The summed E-state index contributed by atoms with van der Waals surface area (Å²) in [6.45, 7) is 0.209. The van der Waals surface area contributed by atoms with E-state index in [2.05, 4.69) is 4.74 Å². The third-order valence-corrected chi connectivity index (χ3v) is 4.47. The van der Waals surface area contributed by atoms with Crippen molar-refractivity contribution in [2.24, 2.45) is 0 Å². The van der Waals surface area contributed by atoms with Gasteiger partial charge >= 0.3 is 6.16 Å². The molecule has 2 N–H and O–H groups in total. The summed E-state index contributed by atoms with van der Waals surface area (Å²) in [7, 11) is 0. The zero-order valence-corrected chi connectivity index (χ0v) is 12.9. The van der Waals surface area contributed by atoms with Gasteiger partial charge in [-0.25, -0.2) is 13.6 Å². The molecule has 0 bridgehead atoms. The lowest BCUT2D eigenvalue weighted by atomic mass is 10.1. The fourth-order valence-corrected chi connectivity index (χ4v) is 3.14. The van der Waals surface area contributed by atoms with Gasteiger partial charge in [-0.1, -0.05) is 0 Å². The van der Waals surface area contributed by atoms with Gasteiger partial charge in [-0.15, -0.1) is 0 Å².